The molecule has 0 radical (unpaired) electrons. The van der Waals surface area contributed by atoms with Gasteiger partial charge in [0.15, 0.2) is 0 Å². The maximum atomic E-state index is 14.3. The minimum absolute atomic E-state index is 0.0249. The van der Waals surface area contributed by atoms with Gasteiger partial charge in [0.25, 0.3) is 0 Å². The Kier molecular flexibility index (Phi) is 7.77. The number of rotatable bonds is 10. The summed E-state index contributed by atoms with van der Waals surface area (Å²) < 4.78 is 6.82. The molecule has 3 unspecified atom stereocenters. The van der Waals surface area contributed by atoms with Gasteiger partial charge in [-0.05, 0) is 69.2 Å². The van der Waals surface area contributed by atoms with E-state index in [1.165, 1.54) is 0 Å². The Morgan fingerprint density at radius 2 is 1.65 bits per heavy atom. The number of fused-ring (bicyclic) bond motifs is 1. The molecule has 0 aliphatic carbocycles. The number of carbonyl (C=O) groups excluding carboxylic acids is 3. The molecule has 3 aliphatic rings. The number of anilines is 2. The average Bonchev–Trinajstić information content (AvgIpc) is 3.43. The number of unbranched alkanes of at least 4 members (excludes halogenated alkanes) is 3. The van der Waals surface area contributed by atoms with Gasteiger partial charge >= 0.3 is 0 Å². The molecule has 8 heteroatoms. The van der Waals surface area contributed by atoms with Gasteiger partial charge in [0, 0.05) is 24.5 Å². The highest BCUT2D eigenvalue weighted by atomic mass is 16.5. The number of hydrogen-bond acceptors (Lipinski definition) is 5. The number of carbonyl (C=O) groups is 3. The first-order valence-corrected chi connectivity index (χ1v) is 14.5. The molecule has 3 N–H and O–H groups in total. The smallest absolute Gasteiger partial charge is 0.250 e. The summed E-state index contributed by atoms with van der Waals surface area (Å²) in [6.45, 7) is 8.41. The van der Waals surface area contributed by atoms with Gasteiger partial charge in [0.05, 0.1) is 17.4 Å². The average molecular weight is 548 g/mol. The second-order valence-corrected chi connectivity index (χ2v) is 12.0. The van der Waals surface area contributed by atoms with E-state index < -0.39 is 29.1 Å². The molecule has 8 nitrogen and oxygen atoms in total. The summed E-state index contributed by atoms with van der Waals surface area (Å²) in [5, 5.41) is 15.3. The molecule has 2 aromatic rings. The van der Waals surface area contributed by atoms with E-state index in [0.717, 1.165) is 29.7 Å². The van der Waals surface area contributed by atoms with E-state index in [-0.39, 0.29) is 30.2 Å². The van der Waals surface area contributed by atoms with Crippen molar-refractivity contribution in [1.82, 2.24) is 4.90 Å². The molecule has 0 aromatic heterocycles. The third-order valence-corrected chi connectivity index (χ3v) is 9.42. The Morgan fingerprint density at radius 1 is 0.975 bits per heavy atom. The van der Waals surface area contributed by atoms with Crippen molar-refractivity contribution in [3.05, 3.63) is 59.7 Å². The van der Waals surface area contributed by atoms with Gasteiger partial charge in [-0.1, -0.05) is 56.2 Å². The van der Waals surface area contributed by atoms with Gasteiger partial charge in [-0.15, -0.1) is 0 Å². The van der Waals surface area contributed by atoms with E-state index in [1.54, 1.807) is 4.90 Å². The fraction of sp³-hybridized carbons (Fsp3) is 0.531. The highest BCUT2D eigenvalue weighted by molar-refractivity contribution is 6.05. The number of nitrogens with zero attached hydrogens (tertiary/aromatic N) is 1. The number of ether oxygens (including phenoxy) is 1. The van der Waals surface area contributed by atoms with Crippen LogP contribution >= 0.6 is 0 Å². The number of aliphatic hydroxyl groups excluding tert-OH is 1. The van der Waals surface area contributed by atoms with Crippen LogP contribution in [0.25, 0.3) is 0 Å². The summed E-state index contributed by atoms with van der Waals surface area (Å²) in [7, 11) is 0. The molecule has 1 spiro atoms. The number of amides is 3. The van der Waals surface area contributed by atoms with Crippen LogP contribution in [0.4, 0.5) is 11.4 Å². The van der Waals surface area contributed by atoms with Crippen LogP contribution in [0.15, 0.2) is 48.5 Å². The minimum atomic E-state index is -1.09. The lowest BCUT2D eigenvalue weighted by molar-refractivity contribution is -0.144. The molecule has 5 rings (SSSR count). The maximum Gasteiger partial charge on any atom is 0.250 e. The number of para-hydroxylation sites is 2. The zero-order valence-corrected chi connectivity index (χ0v) is 23.9. The van der Waals surface area contributed by atoms with Crippen molar-refractivity contribution in [3.63, 3.8) is 0 Å². The fourth-order valence-corrected chi connectivity index (χ4v) is 7.37. The summed E-state index contributed by atoms with van der Waals surface area (Å²) >= 11 is 0. The summed E-state index contributed by atoms with van der Waals surface area (Å²) in [6.07, 6.45) is 3.62. The molecular weight excluding hydrogens is 506 g/mol. The Hall–Kier alpha value is -3.23. The molecule has 214 valence electrons. The SMILES string of the molecule is Cc1cccc(C)c1NC(=O)C1N(CCCCCCO)C(=O)[C@@H]2[C@H](C(=O)Nc3ccccc3)[C@@]3(C)OC12CC3C. The van der Waals surface area contributed by atoms with E-state index >= 15 is 0 Å². The summed E-state index contributed by atoms with van der Waals surface area (Å²) in [6, 6.07) is 14.2. The monoisotopic (exact) mass is 547 g/mol. The van der Waals surface area contributed by atoms with Crippen molar-refractivity contribution in [2.45, 2.75) is 77.0 Å². The van der Waals surface area contributed by atoms with Gasteiger partial charge in [0.2, 0.25) is 17.7 Å². The first kappa shape index (κ1) is 28.3. The Labute approximate surface area is 236 Å². The highest BCUT2D eigenvalue weighted by Gasteiger charge is 2.79. The van der Waals surface area contributed by atoms with Crippen LogP contribution in [0, 0.1) is 31.6 Å². The second kappa shape index (κ2) is 11.0. The zero-order chi connectivity index (χ0) is 28.7. The number of nitrogens with one attached hydrogen (secondary N) is 2. The highest BCUT2D eigenvalue weighted by Crippen LogP contribution is 2.65. The minimum Gasteiger partial charge on any atom is -0.396 e. The van der Waals surface area contributed by atoms with Crippen molar-refractivity contribution in [2.75, 3.05) is 23.8 Å². The predicted molar refractivity (Wildman–Crippen MR) is 154 cm³/mol. The molecule has 3 amide bonds. The molecule has 3 fully saturated rings. The quantitative estimate of drug-likeness (QED) is 0.381. The van der Waals surface area contributed by atoms with Crippen molar-refractivity contribution in [3.8, 4) is 0 Å². The van der Waals surface area contributed by atoms with Crippen LogP contribution in [0.1, 0.15) is 57.1 Å². The van der Waals surface area contributed by atoms with E-state index in [9.17, 15) is 14.4 Å². The summed E-state index contributed by atoms with van der Waals surface area (Å²) in [5.74, 6) is -2.21. The molecular formula is C32H41N3O5. The van der Waals surface area contributed by atoms with E-state index in [0.29, 0.717) is 31.5 Å². The predicted octanol–water partition coefficient (Wildman–Crippen LogP) is 4.44. The lowest BCUT2D eigenvalue weighted by atomic mass is 9.62. The van der Waals surface area contributed by atoms with Crippen molar-refractivity contribution < 1.29 is 24.2 Å². The number of aryl methyl sites for hydroxylation is 2. The molecule has 3 aliphatic heterocycles. The van der Waals surface area contributed by atoms with Crippen LogP contribution in [0.5, 0.6) is 0 Å². The van der Waals surface area contributed by atoms with Crippen LogP contribution in [0.3, 0.4) is 0 Å². The standard InChI is InChI=1S/C32H41N3O5/c1-20-13-12-14-21(2)26(20)34-29(38)27-32-19-22(3)31(4,40-32)24(28(37)33-23-15-8-7-9-16-23)25(32)30(39)35(27)17-10-5-6-11-18-36/h7-9,12-16,22,24-25,27,36H,5-6,10-11,17-19H2,1-4H3,(H,33,37)(H,34,38)/t22?,24-,25+,27?,31+,32?/m1/s1. The molecule has 40 heavy (non-hydrogen) atoms. The van der Waals surface area contributed by atoms with Gasteiger partial charge in [-0.2, -0.15) is 0 Å². The fourth-order valence-electron chi connectivity index (χ4n) is 7.37. The number of likely N-dealkylation sites (tertiary alicyclic amines) is 1. The normalized spacial score (nSPS) is 30.4. The van der Waals surface area contributed by atoms with Crippen molar-refractivity contribution >= 4 is 29.1 Å². The number of hydrogen-bond donors (Lipinski definition) is 3. The number of benzene rings is 2. The van der Waals surface area contributed by atoms with Crippen LogP contribution in [0.2, 0.25) is 0 Å². The van der Waals surface area contributed by atoms with Gasteiger partial charge in [-0.25, -0.2) is 0 Å². The largest absolute Gasteiger partial charge is 0.396 e. The van der Waals surface area contributed by atoms with Crippen LogP contribution in [-0.2, 0) is 19.1 Å². The maximum absolute atomic E-state index is 14.3. The van der Waals surface area contributed by atoms with Crippen LogP contribution in [-0.4, -0.2) is 58.1 Å². The third-order valence-electron chi connectivity index (χ3n) is 9.42. The van der Waals surface area contributed by atoms with Crippen molar-refractivity contribution in [2.24, 2.45) is 17.8 Å². The zero-order valence-electron chi connectivity index (χ0n) is 23.9. The molecule has 3 saturated heterocycles. The Morgan fingerprint density at radius 3 is 2.33 bits per heavy atom. The van der Waals surface area contributed by atoms with Gasteiger partial charge in [0.1, 0.15) is 11.6 Å². The summed E-state index contributed by atoms with van der Waals surface area (Å²) in [5.41, 5.74) is 1.34. The third kappa shape index (κ3) is 4.61. The van der Waals surface area contributed by atoms with E-state index in [1.807, 2.05) is 69.3 Å². The number of aliphatic hydroxyl groups is 1. The lowest BCUT2D eigenvalue weighted by Gasteiger charge is -2.36. The molecule has 2 aromatic carbocycles. The molecule has 2 bridgehead atoms. The Balaban J connectivity index is 1.50. The molecule has 3 heterocycles. The van der Waals surface area contributed by atoms with Gasteiger partial charge < -0.3 is 25.4 Å². The van der Waals surface area contributed by atoms with E-state index in [4.69, 9.17) is 9.84 Å². The second-order valence-electron chi connectivity index (χ2n) is 12.0. The molecule has 6 atom stereocenters. The topological polar surface area (TPSA) is 108 Å². The van der Waals surface area contributed by atoms with Crippen molar-refractivity contribution in [1.29, 1.82) is 0 Å². The Bertz CT molecular complexity index is 1260. The molecule has 0 saturated carbocycles. The first-order chi connectivity index (χ1) is 19.1. The van der Waals surface area contributed by atoms with Gasteiger partial charge in [-0.3, -0.25) is 14.4 Å². The van der Waals surface area contributed by atoms with Crippen LogP contribution < -0.4 is 10.6 Å². The lowest BCUT2D eigenvalue weighted by Crippen LogP contribution is -2.54. The van der Waals surface area contributed by atoms with E-state index in [2.05, 4.69) is 17.6 Å². The first-order valence-electron chi connectivity index (χ1n) is 14.5. The summed E-state index contributed by atoms with van der Waals surface area (Å²) in [4.78, 5) is 44.0.